The number of esters is 1. The summed E-state index contributed by atoms with van der Waals surface area (Å²) in [6.07, 6.45) is 0. The molecule has 0 spiro atoms. The number of halogens is 1. The van der Waals surface area contributed by atoms with Crippen LogP contribution < -0.4 is 5.32 Å². The lowest BCUT2D eigenvalue weighted by Gasteiger charge is -2.08. The van der Waals surface area contributed by atoms with Gasteiger partial charge in [0.05, 0.1) is 12.7 Å². The number of rotatable bonds is 4. The number of anilines is 1. The molecule has 20 heavy (non-hydrogen) atoms. The molecule has 0 aromatic heterocycles. The summed E-state index contributed by atoms with van der Waals surface area (Å²) in [6, 6.07) is 12.2. The largest absolute Gasteiger partial charge is 0.465 e. The predicted molar refractivity (Wildman–Crippen MR) is 76.2 cm³/mol. The molecule has 0 aliphatic carbocycles. The van der Waals surface area contributed by atoms with Crippen LogP contribution in [0.5, 0.6) is 0 Å². The average Bonchev–Trinajstić information content (AvgIpc) is 2.46. The van der Waals surface area contributed by atoms with Gasteiger partial charge >= 0.3 is 5.97 Å². The molecule has 2 rings (SSSR count). The molecular formula is C16H16FNO2. The van der Waals surface area contributed by atoms with Crippen LogP contribution in [0.3, 0.4) is 0 Å². The van der Waals surface area contributed by atoms with Crippen LogP contribution in [0.2, 0.25) is 0 Å². The second kappa shape index (κ2) is 6.19. The van der Waals surface area contributed by atoms with E-state index in [0.29, 0.717) is 12.1 Å². The molecule has 2 aromatic rings. The number of carbonyl (C=O) groups excluding carboxylic acids is 1. The van der Waals surface area contributed by atoms with Crippen molar-refractivity contribution in [3.63, 3.8) is 0 Å². The zero-order chi connectivity index (χ0) is 14.5. The highest BCUT2D eigenvalue weighted by Gasteiger charge is 2.09. The van der Waals surface area contributed by atoms with Gasteiger partial charge in [-0.2, -0.15) is 0 Å². The van der Waals surface area contributed by atoms with Crippen molar-refractivity contribution in [3.05, 3.63) is 65.0 Å². The highest BCUT2D eigenvalue weighted by Crippen LogP contribution is 2.15. The van der Waals surface area contributed by atoms with Gasteiger partial charge in [-0.25, -0.2) is 9.18 Å². The first-order valence-corrected chi connectivity index (χ1v) is 6.27. The summed E-state index contributed by atoms with van der Waals surface area (Å²) in [4.78, 5) is 11.3. The van der Waals surface area contributed by atoms with Crippen LogP contribution in [-0.4, -0.2) is 13.1 Å². The molecule has 0 fully saturated rings. The Morgan fingerprint density at radius 3 is 2.50 bits per heavy atom. The monoisotopic (exact) mass is 273 g/mol. The second-order valence-corrected chi connectivity index (χ2v) is 4.52. The number of carbonyl (C=O) groups is 1. The third-order valence-corrected chi connectivity index (χ3v) is 3.01. The lowest BCUT2D eigenvalue weighted by atomic mass is 10.1. The van der Waals surface area contributed by atoms with E-state index in [0.717, 1.165) is 5.69 Å². The Labute approximate surface area is 117 Å². The molecule has 0 heterocycles. The molecule has 4 heteroatoms. The molecule has 2 aromatic carbocycles. The Balaban J connectivity index is 2.06. The van der Waals surface area contributed by atoms with Crippen molar-refractivity contribution in [1.29, 1.82) is 0 Å². The van der Waals surface area contributed by atoms with Gasteiger partial charge in [0.2, 0.25) is 0 Å². The van der Waals surface area contributed by atoms with Crippen molar-refractivity contribution in [2.24, 2.45) is 0 Å². The maximum atomic E-state index is 13.9. The van der Waals surface area contributed by atoms with Crippen molar-refractivity contribution in [2.75, 3.05) is 12.4 Å². The molecule has 1 N–H and O–H groups in total. The van der Waals surface area contributed by atoms with Crippen LogP contribution in [0.4, 0.5) is 10.1 Å². The molecule has 0 radical (unpaired) electrons. The molecule has 0 atom stereocenters. The van der Waals surface area contributed by atoms with Crippen LogP contribution in [0.15, 0.2) is 42.5 Å². The topological polar surface area (TPSA) is 38.3 Å². The lowest BCUT2D eigenvalue weighted by Crippen LogP contribution is -2.05. The van der Waals surface area contributed by atoms with E-state index in [1.807, 2.05) is 31.2 Å². The molecule has 0 bridgehead atoms. The number of methoxy groups -OCH3 is 1. The highest BCUT2D eigenvalue weighted by atomic mass is 19.1. The van der Waals surface area contributed by atoms with Crippen molar-refractivity contribution in [1.82, 2.24) is 0 Å². The van der Waals surface area contributed by atoms with Crippen LogP contribution in [0.25, 0.3) is 0 Å². The summed E-state index contributed by atoms with van der Waals surface area (Å²) < 4.78 is 18.4. The maximum absolute atomic E-state index is 13.9. The van der Waals surface area contributed by atoms with Crippen molar-refractivity contribution < 1.29 is 13.9 Å². The number of nitrogens with one attached hydrogen (secondary N) is 1. The zero-order valence-corrected chi connectivity index (χ0v) is 11.4. The third kappa shape index (κ3) is 3.35. The number of hydrogen-bond acceptors (Lipinski definition) is 3. The van der Waals surface area contributed by atoms with Gasteiger partial charge in [0.25, 0.3) is 0 Å². The zero-order valence-electron chi connectivity index (χ0n) is 11.4. The van der Waals surface area contributed by atoms with E-state index in [1.54, 1.807) is 12.1 Å². The predicted octanol–water partition coefficient (Wildman–Crippen LogP) is 3.53. The van der Waals surface area contributed by atoms with E-state index < -0.39 is 11.8 Å². The number of hydrogen-bond donors (Lipinski definition) is 1. The highest BCUT2D eigenvalue weighted by molar-refractivity contribution is 5.89. The average molecular weight is 273 g/mol. The fourth-order valence-electron chi connectivity index (χ4n) is 1.80. The Bertz CT molecular complexity index is 608. The van der Waals surface area contributed by atoms with Crippen LogP contribution >= 0.6 is 0 Å². The second-order valence-electron chi connectivity index (χ2n) is 4.52. The summed E-state index contributed by atoms with van der Waals surface area (Å²) in [5.74, 6) is -0.963. The van der Waals surface area contributed by atoms with Gasteiger partial charge in [0.1, 0.15) is 5.82 Å². The SMILES string of the molecule is COC(=O)c1ccc(CNc2ccc(C)cc2)c(F)c1. The number of aryl methyl sites for hydroxylation is 1. The summed E-state index contributed by atoms with van der Waals surface area (Å²) in [5, 5.41) is 3.14. The molecule has 104 valence electrons. The maximum Gasteiger partial charge on any atom is 0.337 e. The Hall–Kier alpha value is -2.36. The van der Waals surface area contributed by atoms with E-state index >= 15 is 0 Å². The van der Waals surface area contributed by atoms with E-state index in [9.17, 15) is 9.18 Å². The molecule has 0 saturated carbocycles. The van der Waals surface area contributed by atoms with E-state index in [1.165, 1.54) is 18.7 Å². The van der Waals surface area contributed by atoms with Crippen molar-refractivity contribution >= 4 is 11.7 Å². The summed E-state index contributed by atoms with van der Waals surface area (Å²) in [6.45, 7) is 2.37. The van der Waals surface area contributed by atoms with Crippen LogP contribution in [0.1, 0.15) is 21.5 Å². The van der Waals surface area contributed by atoms with E-state index in [2.05, 4.69) is 10.1 Å². The standard InChI is InChI=1S/C16H16FNO2/c1-11-3-7-14(8-4-11)18-10-13-6-5-12(9-15(13)17)16(19)20-2/h3-9,18H,10H2,1-2H3. The van der Waals surface area contributed by atoms with Gasteiger partial charge in [-0.05, 0) is 31.2 Å². The normalized spacial score (nSPS) is 10.2. The van der Waals surface area contributed by atoms with Gasteiger partial charge in [0.15, 0.2) is 0 Å². The van der Waals surface area contributed by atoms with Crippen molar-refractivity contribution in [2.45, 2.75) is 13.5 Å². The van der Waals surface area contributed by atoms with Gasteiger partial charge < -0.3 is 10.1 Å². The first-order chi connectivity index (χ1) is 9.60. The van der Waals surface area contributed by atoms with Gasteiger partial charge in [-0.15, -0.1) is 0 Å². The van der Waals surface area contributed by atoms with Gasteiger partial charge in [-0.1, -0.05) is 23.8 Å². The molecule has 0 amide bonds. The lowest BCUT2D eigenvalue weighted by molar-refractivity contribution is 0.0600. The summed E-state index contributed by atoms with van der Waals surface area (Å²) in [7, 11) is 1.27. The Kier molecular flexibility index (Phi) is 4.35. The first-order valence-electron chi connectivity index (χ1n) is 6.27. The third-order valence-electron chi connectivity index (χ3n) is 3.01. The van der Waals surface area contributed by atoms with E-state index in [4.69, 9.17) is 0 Å². The van der Waals surface area contributed by atoms with Crippen LogP contribution in [0, 0.1) is 12.7 Å². The number of benzene rings is 2. The van der Waals surface area contributed by atoms with E-state index in [-0.39, 0.29) is 5.56 Å². The molecule has 0 saturated heterocycles. The molecule has 0 unspecified atom stereocenters. The van der Waals surface area contributed by atoms with Gasteiger partial charge in [-0.3, -0.25) is 0 Å². The van der Waals surface area contributed by atoms with Crippen molar-refractivity contribution in [3.8, 4) is 0 Å². The first kappa shape index (κ1) is 14.1. The minimum atomic E-state index is -0.540. The smallest absolute Gasteiger partial charge is 0.337 e. The molecule has 0 aliphatic rings. The molecule has 0 aliphatic heterocycles. The van der Waals surface area contributed by atoms with Crippen LogP contribution in [-0.2, 0) is 11.3 Å². The number of ether oxygens (including phenoxy) is 1. The minimum absolute atomic E-state index is 0.212. The molecular weight excluding hydrogens is 257 g/mol. The quantitative estimate of drug-likeness (QED) is 0.866. The Morgan fingerprint density at radius 1 is 1.20 bits per heavy atom. The fourth-order valence-corrected chi connectivity index (χ4v) is 1.80. The summed E-state index contributed by atoms with van der Waals surface area (Å²) in [5.41, 5.74) is 2.80. The molecule has 3 nitrogen and oxygen atoms in total. The Morgan fingerprint density at radius 2 is 1.90 bits per heavy atom. The summed E-state index contributed by atoms with van der Waals surface area (Å²) >= 11 is 0. The fraction of sp³-hybridized carbons (Fsp3) is 0.188. The van der Waals surface area contributed by atoms with Gasteiger partial charge in [0, 0.05) is 17.8 Å². The minimum Gasteiger partial charge on any atom is -0.465 e.